The Balaban J connectivity index is 1.87. The van der Waals surface area contributed by atoms with E-state index in [1.165, 1.54) is 0 Å². The van der Waals surface area contributed by atoms with Crippen LogP contribution < -0.4 is 4.74 Å². The van der Waals surface area contributed by atoms with E-state index < -0.39 is 0 Å². The zero-order valence-electron chi connectivity index (χ0n) is 11.0. The Morgan fingerprint density at radius 3 is 2.65 bits per heavy atom. The number of hydrogen-bond acceptors (Lipinski definition) is 2. The summed E-state index contributed by atoms with van der Waals surface area (Å²) in [5, 5.41) is 11.1. The Morgan fingerprint density at radius 1 is 1.15 bits per heavy atom. The maximum atomic E-state index is 9.24. The minimum absolute atomic E-state index is 0.231. The van der Waals surface area contributed by atoms with Gasteiger partial charge in [0, 0.05) is 34.7 Å². The zero-order valence-corrected chi connectivity index (χ0v) is 11.8. The molecule has 0 bridgehead atoms. The summed E-state index contributed by atoms with van der Waals surface area (Å²) in [6, 6.07) is 12.5. The predicted molar refractivity (Wildman–Crippen MR) is 80.4 cm³/mol. The van der Waals surface area contributed by atoms with Crippen LogP contribution in [0.2, 0.25) is 5.02 Å². The number of rotatable bonds is 3. The van der Waals surface area contributed by atoms with Crippen LogP contribution in [0, 0.1) is 0 Å². The lowest BCUT2D eigenvalue weighted by Gasteiger charge is -2.05. The maximum absolute atomic E-state index is 9.24. The zero-order chi connectivity index (χ0) is 14.1. The van der Waals surface area contributed by atoms with Gasteiger partial charge in [0.05, 0.1) is 0 Å². The van der Waals surface area contributed by atoms with Gasteiger partial charge < -0.3 is 14.4 Å². The highest BCUT2D eigenvalue weighted by Gasteiger charge is 2.08. The molecule has 102 valence electrons. The summed E-state index contributed by atoms with van der Waals surface area (Å²) in [7, 11) is 2.00. The summed E-state index contributed by atoms with van der Waals surface area (Å²) in [5.74, 6) is 0.955. The average molecular weight is 288 g/mol. The summed E-state index contributed by atoms with van der Waals surface area (Å²) in [4.78, 5) is 0. The molecule has 0 aliphatic rings. The van der Waals surface area contributed by atoms with Crippen molar-refractivity contribution in [3.8, 4) is 11.5 Å². The normalized spacial score (nSPS) is 10.9. The quantitative estimate of drug-likeness (QED) is 0.786. The van der Waals surface area contributed by atoms with Crippen molar-refractivity contribution in [3.05, 3.63) is 59.2 Å². The molecule has 1 aromatic heterocycles. The van der Waals surface area contributed by atoms with Crippen LogP contribution in [0.1, 0.15) is 5.56 Å². The number of aryl methyl sites for hydroxylation is 1. The fraction of sp³-hybridized carbons (Fsp3) is 0.125. The van der Waals surface area contributed by atoms with Gasteiger partial charge in [0.25, 0.3) is 0 Å². The van der Waals surface area contributed by atoms with Crippen LogP contribution >= 0.6 is 11.6 Å². The minimum Gasteiger partial charge on any atom is -0.508 e. The monoisotopic (exact) mass is 287 g/mol. The molecule has 0 amide bonds. The third kappa shape index (κ3) is 2.45. The highest BCUT2D eigenvalue weighted by atomic mass is 35.5. The first-order chi connectivity index (χ1) is 9.63. The lowest BCUT2D eigenvalue weighted by atomic mass is 10.2. The van der Waals surface area contributed by atoms with Crippen LogP contribution in [0.25, 0.3) is 10.9 Å². The van der Waals surface area contributed by atoms with E-state index >= 15 is 0 Å². The van der Waals surface area contributed by atoms with Crippen molar-refractivity contribution in [2.75, 3.05) is 0 Å². The SMILES string of the molecule is Cn1cc(COc2ccc(O)cc2)c2cc(Cl)ccc21. The smallest absolute Gasteiger partial charge is 0.120 e. The van der Waals surface area contributed by atoms with Gasteiger partial charge in [-0.15, -0.1) is 0 Å². The van der Waals surface area contributed by atoms with Crippen molar-refractivity contribution in [1.82, 2.24) is 4.57 Å². The van der Waals surface area contributed by atoms with Gasteiger partial charge in [-0.3, -0.25) is 0 Å². The first-order valence-corrected chi connectivity index (χ1v) is 6.66. The van der Waals surface area contributed by atoms with E-state index in [1.807, 2.05) is 31.4 Å². The van der Waals surface area contributed by atoms with Gasteiger partial charge >= 0.3 is 0 Å². The number of halogens is 1. The van der Waals surface area contributed by atoms with Crippen molar-refractivity contribution in [2.45, 2.75) is 6.61 Å². The van der Waals surface area contributed by atoms with Gasteiger partial charge in [0.15, 0.2) is 0 Å². The minimum atomic E-state index is 0.231. The largest absolute Gasteiger partial charge is 0.508 e. The van der Waals surface area contributed by atoms with E-state index in [4.69, 9.17) is 16.3 Å². The van der Waals surface area contributed by atoms with Gasteiger partial charge in [-0.25, -0.2) is 0 Å². The number of phenolic OH excluding ortho intramolecular Hbond substituents is 1. The molecular formula is C16H14ClNO2. The molecule has 1 heterocycles. The molecule has 3 rings (SSSR count). The molecule has 0 atom stereocenters. The second kappa shape index (κ2) is 5.10. The van der Waals surface area contributed by atoms with Crippen LogP contribution in [-0.2, 0) is 13.7 Å². The van der Waals surface area contributed by atoms with Gasteiger partial charge in [0.2, 0.25) is 0 Å². The molecule has 0 radical (unpaired) electrons. The number of aromatic hydroxyl groups is 1. The van der Waals surface area contributed by atoms with Crippen molar-refractivity contribution < 1.29 is 9.84 Å². The highest BCUT2D eigenvalue weighted by molar-refractivity contribution is 6.31. The van der Waals surface area contributed by atoms with E-state index in [9.17, 15) is 5.11 Å². The van der Waals surface area contributed by atoms with E-state index in [2.05, 4.69) is 4.57 Å². The van der Waals surface area contributed by atoms with Gasteiger partial charge in [-0.05, 0) is 42.5 Å². The van der Waals surface area contributed by atoms with Crippen LogP contribution in [0.5, 0.6) is 11.5 Å². The summed E-state index contributed by atoms with van der Waals surface area (Å²) in [6.45, 7) is 0.461. The molecule has 3 nitrogen and oxygen atoms in total. The topological polar surface area (TPSA) is 34.4 Å². The molecule has 1 N–H and O–H groups in total. The van der Waals surface area contributed by atoms with Gasteiger partial charge in [-0.2, -0.15) is 0 Å². The van der Waals surface area contributed by atoms with Crippen LogP contribution in [0.15, 0.2) is 48.7 Å². The van der Waals surface area contributed by atoms with Crippen LogP contribution in [0.4, 0.5) is 0 Å². The molecular weight excluding hydrogens is 274 g/mol. The fourth-order valence-corrected chi connectivity index (χ4v) is 2.44. The Kier molecular flexibility index (Phi) is 3.28. The second-order valence-corrected chi connectivity index (χ2v) is 5.15. The Morgan fingerprint density at radius 2 is 1.90 bits per heavy atom. The number of benzene rings is 2. The molecule has 0 fully saturated rings. The molecule has 4 heteroatoms. The Bertz CT molecular complexity index is 747. The van der Waals surface area contributed by atoms with E-state index in [0.29, 0.717) is 6.61 Å². The van der Waals surface area contributed by atoms with Gasteiger partial charge in [-0.1, -0.05) is 11.6 Å². The summed E-state index contributed by atoms with van der Waals surface area (Å²) in [5.41, 5.74) is 2.21. The highest BCUT2D eigenvalue weighted by Crippen LogP contribution is 2.26. The molecule has 20 heavy (non-hydrogen) atoms. The number of nitrogens with zero attached hydrogens (tertiary/aromatic N) is 1. The van der Waals surface area contributed by atoms with Crippen molar-refractivity contribution >= 4 is 22.5 Å². The van der Waals surface area contributed by atoms with Gasteiger partial charge in [0.1, 0.15) is 18.1 Å². The molecule has 0 aliphatic carbocycles. The fourth-order valence-electron chi connectivity index (χ4n) is 2.26. The lowest BCUT2D eigenvalue weighted by molar-refractivity contribution is 0.307. The maximum Gasteiger partial charge on any atom is 0.120 e. The Hall–Kier alpha value is -2.13. The van der Waals surface area contributed by atoms with Crippen molar-refractivity contribution in [2.24, 2.45) is 7.05 Å². The first kappa shape index (κ1) is 12.9. The van der Waals surface area contributed by atoms with Crippen molar-refractivity contribution in [3.63, 3.8) is 0 Å². The van der Waals surface area contributed by atoms with E-state index in [-0.39, 0.29) is 5.75 Å². The summed E-state index contributed by atoms with van der Waals surface area (Å²) < 4.78 is 7.80. The average Bonchev–Trinajstić information content (AvgIpc) is 2.74. The van der Waals surface area contributed by atoms with E-state index in [0.717, 1.165) is 27.2 Å². The third-order valence-electron chi connectivity index (χ3n) is 3.27. The predicted octanol–water partition coefficient (Wildman–Crippen LogP) is 4.12. The molecule has 0 spiro atoms. The number of fused-ring (bicyclic) bond motifs is 1. The van der Waals surface area contributed by atoms with Crippen LogP contribution in [-0.4, -0.2) is 9.67 Å². The second-order valence-electron chi connectivity index (χ2n) is 4.71. The van der Waals surface area contributed by atoms with Crippen molar-refractivity contribution in [1.29, 1.82) is 0 Å². The standard InChI is InChI=1S/C16H14ClNO2/c1-18-9-11(15-8-12(17)2-7-16(15)18)10-20-14-5-3-13(19)4-6-14/h2-9,19H,10H2,1H3. The Labute approximate surface area is 122 Å². The lowest BCUT2D eigenvalue weighted by Crippen LogP contribution is -1.94. The molecule has 3 aromatic rings. The number of phenols is 1. The van der Waals surface area contributed by atoms with Crippen LogP contribution in [0.3, 0.4) is 0 Å². The third-order valence-corrected chi connectivity index (χ3v) is 3.50. The number of hydrogen-bond donors (Lipinski definition) is 1. The molecule has 0 saturated heterocycles. The molecule has 0 aliphatic heterocycles. The molecule has 0 unspecified atom stereocenters. The number of aromatic nitrogens is 1. The molecule has 0 saturated carbocycles. The first-order valence-electron chi connectivity index (χ1n) is 6.29. The molecule has 2 aromatic carbocycles. The van der Waals surface area contributed by atoms with E-state index in [1.54, 1.807) is 24.3 Å². The summed E-state index contributed by atoms with van der Waals surface area (Å²) in [6.07, 6.45) is 2.04. The summed E-state index contributed by atoms with van der Waals surface area (Å²) >= 11 is 6.06. The number of ether oxygens (including phenoxy) is 1.